The van der Waals surface area contributed by atoms with Crippen molar-refractivity contribution in [1.29, 1.82) is 0 Å². The third-order valence-electron chi connectivity index (χ3n) is 3.49. The van der Waals surface area contributed by atoms with Crippen molar-refractivity contribution in [3.8, 4) is 5.75 Å². The van der Waals surface area contributed by atoms with E-state index >= 15 is 0 Å². The second-order valence-corrected chi connectivity index (χ2v) is 6.42. The molecule has 2 N–H and O–H groups in total. The summed E-state index contributed by atoms with van der Waals surface area (Å²) in [6.45, 7) is 2.50. The summed E-state index contributed by atoms with van der Waals surface area (Å²) in [5.74, 6) is 0.904. The van der Waals surface area contributed by atoms with Gasteiger partial charge in [-0.15, -0.1) is 11.3 Å². The van der Waals surface area contributed by atoms with Gasteiger partial charge in [-0.2, -0.15) is 0 Å². The van der Waals surface area contributed by atoms with Gasteiger partial charge in [0.1, 0.15) is 41.3 Å². The van der Waals surface area contributed by atoms with E-state index in [0.717, 1.165) is 16.6 Å². The molecule has 0 spiro atoms. The highest BCUT2D eigenvalue weighted by atomic mass is 32.1. The first-order valence-electron chi connectivity index (χ1n) is 7.69. The van der Waals surface area contributed by atoms with Crippen molar-refractivity contribution in [3.05, 3.63) is 47.4 Å². The molecule has 2 heterocycles. The molecule has 1 atom stereocenters. The zero-order chi connectivity index (χ0) is 16.9. The number of ether oxygens (including phenoxy) is 1. The predicted octanol–water partition coefficient (Wildman–Crippen LogP) is 3.24. The number of nitrogens with one attached hydrogen (secondary N) is 1. The lowest BCUT2D eigenvalue weighted by atomic mass is 10.3. The fourth-order valence-corrected chi connectivity index (χ4v) is 3.15. The smallest absolute Gasteiger partial charge is 0.138 e. The van der Waals surface area contributed by atoms with E-state index in [-0.39, 0.29) is 12.4 Å². The minimum atomic E-state index is -0.718. The summed E-state index contributed by atoms with van der Waals surface area (Å²) >= 11 is 1.65. The maximum absolute atomic E-state index is 12.8. The molecule has 1 unspecified atom stereocenters. The van der Waals surface area contributed by atoms with Gasteiger partial charge >= 0.3 is 0 Å². The third-order valence-corrected chi connectivity index (χ3v) is 4.68. The minimum Gasteiger partial charge on any atom is -0.491 e. The maximum Gasteiger partial charge on any atom is 0.138 e. The molecule has 3 rings (SSSR count). The lowest BCUT2D eigenvalue weighted by molar-refractivity contribution is 0.117. The Bertz CT molecular complexity index is 807. The largest absolute Gasteiger partial charge is 0.491 e. The van der Waals surface area contributed by atoms with E-state index in [4.69, 9.17) is 4.74 Å². The average molecular weight is 347 g/mol. The summed E-state index contributed by atoms with van der Waals surface area (Å²) in [7, 11) is 0. The fraction of sp³-hybridized carbons (Fsp3) is 0.294. The number of halogens is 1. The lowest BCUT2D eigenvalue weighted by Crippen LogP contribution is -2.26. The number of benzene rings is 1. The molecule has 1 aromatic carbocycles. The molecule has 0 fully saturated rings. The first-order chi connectivity index (χ1) is 11.7. The van der Waals surface area contributed by atoms with Crippen LogP contribution in [0, 0.1) is 5.82 Å². The van der Waals surface area contributed by atoms with Gasteiger partial charge in [0.15, 0.2) is 0 Å². The monoisotopic (exact) mass is 347 g/mol. The maximum atomic E-state index is 12.8. The Labute approximate surface area is 143 Å². The van der Waals surface area contributed by atoms with Crippen LogP contribution in [0.4, 0.5) is 10.2 Å². The molecule has 0 aliphatic heterocycles. The molecule has 0 bridgehead atoms. The summed E-state index contributed by atoms with van der Waals surface area (Å²) in [6.07, 6.45) is 1.75. The Hall–Kier alpha value is -2.25. The molecule has 5 nitrogen and oxygen atoms in total. The molecule has 2 aromatic heterocycles. The molecule has 0 amide bonds. The number of aliphatic hydroxyl groups excluding tert-OH is 1. The number of aliphatic hydroxyl groups is 1. The second-order valence-electron chi connectivity index (χ2n) is 5.31. The molecular weight excluding hydrogens is 329 g/mol. The van der Waals surface area contributed by atoms with E-state index in [0.29, 0.717) is 18.1 Å². The van der Waals surface area contributed by atoms with E-state index < -0.39 is 6.10 Å². The molecule has 0 aliphatic rings. The summed E-state index contributed by atoms with van der Waals surface area (Å²) < 4.78 is 18.3. The minimum absolute atomic E-state index is 0.108. The second kappa shape index (κ2) is 7.55. The van der Waals surface area contributed by atoms with Crippen LogP contribution in [0.25, 0.3) is 10.2 Å². The summed E-state index contributed by atoms with van der Waals surface area (Å²) in [6, 6.07) is 7.77. The molecule has 0 radical (unpaired) electrons. The number of hydrogen-bond acceptors (Lipinski definition) is 6. The fourth-order valence-electron chi connectivity index (χ4n) is 2.22. The molecule has 0 aliphatic carbocycles. The van der Waals surface area contributed by atoms with Gasteiger partial charge in [-0.1, -0.05) is 6.92 Å². The van der Waals surface area contributed by atoms with Crippen molar-refractivity contribution in [2.45, 2.75) is 19.4 Å². The first kappa shape index (κ1) is 16.6. The van der Waals surface area contributed by atoms with Crippen LogP contribution in [0.15, 0.2) is 36.7 Å². The summed E-state index contributed by atoms with van der Waals surface area (Å²) in [4.78, 5) is 10.7. The van der Waals surface area contributed by atoms with Gasteiger partial charge < -0.3 is 15.2 Å². The Morgan fingerprint density at radius 3 is 2.83 bits per heavy atom. The van der Waals surface area contributed by atoms with Gasteiger partial charge in [-0.05, 0) is 36.8 Å². The van der Waals surface area contributed by atoms with E-state index in [2.05, 4.69) is 28.3 Å². The van der Waals surface area contributed by atoms with Crippen LogP contribution in [0.2, 0.25) is 0 Å². The standard InChI is InChI=1S/C17H18FN3O2S/c1-2-14-7-15-16(20-10-21-17(15)24-14)19-8-12(22)9-23-13-5-3-11(18)4-6-13/h3-7,10,12,22H,2,8-9H2,1H3,(H,19,20,21). The van der Waals surface area contributed by atoms with Crippen molar-refractivity contribution in [2.24, 2.45) is 0 Å². The summed E-state index contributed by atoms with van der Waals surface area (Å²) in [5, 5.41) is 14.1. The van der Waals surface area contributed by atoms with Gasteiger partial charge in [-0.25, -0.2) is 14.4 Å². The Balaban J connectivity index is 1.57. The van der Waals surface area contributed by atoms with Crippen LogP contribution in [0.3, 0.4) is 0 Å². The highest BCUT2D eigenvalue weighted by Crippen LogP contribution is 2.28. The Morgan fingerprint density at radius 1 is 1.29 bits per heavy atom. The van der Waals surface area contributed by atoms with Crippen LogP contribution in [-0.2, 0) is 6.42 Å². The number of fused-ring (bicyclic) bond motifs is 1. The number of aromatic nitrogens is 2. The molecule has 7 heteroatoms. The Morgan fingerprint density at radius 2 is 2.08 bits per heavy atom. The molecular formula is C17H18FN3O2S. The lowest BCUT2D eigenvalue weighted by Gasteiger charge is -2.14. The van der Waals surface area contributed by atoms with Gasteiger partial charge in [0.25, 0.3) is 0 Å². The van der Waals surface area contributed by atoms with Gasteiger partial charge in [0, 0.05) is 11.4 Å². The molecule has 0 saturated carbocycles. The van der Waals surface area contributed by atoms with Crippen LogP contribution in [0.1, 0.15) is 11.8 Å². The van der Waals surface area contributed by atoms with E-state index in [9.17, 15) is 9.50 Å². The third kappa shape index (κ3) is 3.98. The number of nitrogens with zero attached hydrogens (tertiary/aromatic N) is 2. The van der Waals surface area contributed by atoms with Crippen molar-refractivity contribution in [2.75, 3.05) is 18.5 Å². The van der Waals surface area contributed by atoms with Crippen molar-refractivity contribution < 1.29 is 14.2 Å². The normalized spacial score (nSPS) is 12.3. The summed E-state index contributed by atoms with van der Waals surface area (Å²) in [5.41, 5.74) is 0. The predicted molar refractivity (Wildman–Crippen MR) is 93.2 cm³/mol. The van der Waals surface area contributed by atoms with Crippen LogP contribution >= 0.6 is 11.3 Å². The molecule has 24 heavy (non-hydrogen) atoms. The molecule has 126 valence electrons. The van der Waals surface area contributed by atoms with E-state index in [1.54, 1.807) is 11.3 Å². The van der Waals surface area contributed by atoms with Gasteiger partial charge in [0.05, 0.1) is 5.39 Å². The van der Waals surface area contributed by atoms with Gasteiger partial charge in [0.2, 0.25) is 0 Å². The first-order valence-corrected chi connectivity index (χ1v) is 8.51. The highest BCUT2D eigenvalue weighted by molar-refractivity contribution is 7.18. The van der Waals surface area contributed by atoms with E-state index in [1.807, 2.05) is 0 Å². The van der Waals surface area contributed by atoms with Crippen LogP contribution in [0.5, 0.6) is 5.75 Å². The molecule has 3 aromatic rings. The van der Waals surface area contributed by atoms with Gasteiger partial charge in [-0.3, -0.25) is 0 Å². The zero-order valence-electron chi connectivity index (χ0n) is 13.2. The SMILES string of the molecule is CCc1cc2c(NCC(O)COc3ccc(F)cc3)ncnc2s1. The van der Waals surface area contributed by atoms with Crippen molar-refractivity contribution in [3.63, 3.8) is 0 Å². The van der Waals surface area contributed by atoms with Crippen LogP contribution < -0.4 is 10.1 Å². The van der Waals surface area contributed by atoms with E-state index in [1.165, 1.54) is 35.5 Å². The molecule has 0 saturated heterocycles. The number of hydrogen-bond donors (Lipinski definition) is 2. The topological polar surface area (TPSA) is 67.3 Å². The number of aryl methyl sites for hydroxylation is 1. The zero-order valence-corrected chi connectivity index (χ0v) is 14.0. The average Bonchev–Trinajstić information content (AvgIpc) is 3.03. The number of anilines is 1. The Kier molecular flexibility index (Phi) is 5.22. The quantitative estimate of drug-likeness (QED) is 0.687. The number of rotatable bonds is 7. The van der Waals surface area contributed by atoms with Crippen LogP contribution in [-0.4, -0.2) is 34.3 Å². The number of thiophene rings is 1. The van der Waals surface area contributed by atoms with Crippen molar-refractivity contribution in [1.82, 2.24) is 9.97 Å². The van der Waals surface area contributed by atoms with Crippen molar-refractivity contribution >= 4 is 27.4 Å². The highest BCUT2D eigenvalue weighted by Gasteiger charge is 2.10.